The third kappa shape index (κ3) is 3.25. The van der Waals surface area contributed by atoms with Gasteiger partial charge in [-0.15, -0.1) is 0 Å². The summed E-state index contributed by atoms with van der Waals surface area (Å²) in [5.74, 6) is -0.995. The fourth-order valence-electron chi connectivity index (χ4n) is 2.76. The van der Waals surface area contributed by atoms with E-state index in [1.165, 1.54) is 13.4 Å². The lowest BCUT2D eigenvalue weighted by atomic mass is 9.85. The van der Waals surface area contributed by atoms with E-state index in [4.69, 9.17) is 25.7 Å². The molecule has 3 rings (SSSR count). The number of aromatic nitrogens is 2. The number of nitrogens with one attached hydrogen (secondary N) is 1. The molecule has 1 aliphatic rings. The van der Waals surface area contributed by atoms with E-state index in [1.807, 2.05) is 6.07 Å². The van der Waals surface area contributed by atoms with Crippen molar-refractivity contribution in [2.24, 2.45) is 11.5 Å². The highest BCUT2D eigenvalue weighted by Crippen LogP contribution is 2.41. The lowest BCUT2D eigenvalue weighted by Crippen LogP contribution is -2.28. The highest BCUT2D eigenvalue weighted by Gasteiger charge is 2.34. The number of hydrogen-bond acceptors (Lipinski definition) is 8. The van der Waals surface area contributed by atoms with Crippen molar-refractivity contribution in [1.82, 2.24) is 9.97 Å². The summed E-state index contributed by atoms with van der Waals surface area (Å²) in [4.78, 5) is 29.7. The Morgan fingerprint density at radius 3 is 2.89 bits per heavy atom. The molecule has 10 nitrogen and oxygen atoms in total. The van der Waals surface area contributed by atoms with Crippen molar-refractivity contribution in [3.63, 3.8) is 0 Å². The Morgan fingerprint density at radius 2 is 2.22 bits per heavy atom. The Balaban J connectivity index is 2.13. The molecule has 5 N–H and O–H groups in total. The van der Waals surface area contributed by atoms with Crippen molar-refractivity contribution in [3.8, 4) is 23.4 Å². The number of methoxy groups -OCH3 is 1. The van der Waals surface area contributed by atoms with Crippen LogP contribution in [-0.2, 0) is 4.79 Å². The van der Waals surface area contributed by atoms with Crippen LogP contribution < -0.4 is 31.2 Å². The molecule has 0 radical (unpaired) electrons. The summed E-state index contributed by atoms with van der Waals surface area (Å²) in [7, 11) is 1.41. The van der Waals surface area contributed by atoms with Crippen LogP contribution in [0, 0.1) is 11.3 Å². The van der Waals surface area contributed by atoms with Crippen molar-refractivity contribution >= 4 is 5.91 Å². The van der Waals surface area contributed by atoms with Crippen LogP contribution in [0.5, 0.6) is 17.4 Å². The summed E-state index contributed by atoms with van der Waals surface area (Å²) >= 11 is 0. The molecule has 27 heavy (non-hydrogen) atoms. The Hall–Kier alpha value is -4.00. The van der Waals surface area contributed by atoms with Gasteiger partial charge in [0.2, 0.25) is 11.8 Å². The molecule has 0 bridgehead atoms. The predicted octanol–water partition coefficient (Wildman–Crippen LogP) is -0.139. The SMILES string of the molecule is COc1cc([C@@H]2C(C#N)=C(N)Oc3nc[nH]c(=O)c32)ccc1OCC(N)=O. The van der Waals surface area contributed by atoms with Crippen LogP contribution >= 0.6 is 0 Å². The number of fused-ring (bicyclic) bond motifs is 1. The minimum atomic E-state index is -0.810. The Morgan fingerprint density at radius 1 is 1.44 bits per heavy atom. The van der Waals surface area contributed by atoms with Crippen molar-refractivity contribution in [1.29, 1.82) is 5.26 Å². The number of carbonyl (C=O) groups excluding carboxylic acids is 1. The maximum atomic E-state index is 12.4. The summed E-state index contributed by atoms with van der Waals surface area (Å²) < 4.78 is 15.9. The highest BCUT2D eigenvalue weighted by molar-refractivity contribution is 5.75. The van der Waals surface area contributed by atoms with Gasteiger partial charge in [0.1, 0.15) is 11.6 Å². The first kappa shape index (κ1) is 17.8. The van der Waals surface area contributed by atoms with Crippen LogP contribution in [0.4, 0.5) is 0 Å². The molecular formula is C17H15N5O5. The predicted molar refractivity (Wildman–Crippen MR) is 91.8 cm³/mol. The monoisotopic (exact) mass is 369 g/mol. The van der Waals surface area contributed by atoms with Gasteiger partial charge in [-0.2, -0.15) is 5.26 Å². The van der Waals surface area contributed by atoms with Crippen LogP contribution in [0.15, 0.2) is 40.8 Å². The molecule has 1 amide bonds. The number of nitriles is 1. The lowest BCUT2D eigenvalue weighted by molar-refractivity contribution is -0.119. The van der Waals surface area contributed by atoms with Gasteiger partial charge >= 0.3 is 0 Å². The largest absolute Gasteiger partial charge is 0.493 e. The Kier molecular flexibility index (Phi) is 4.68. The van der Waals surface area contributed by atoms with Gasteiger partial charge in [-0.05, 0) is 17.7 Å². The van der Waals surface area contributed by atoms with Crippen LogP contribution in [0.1, 0.15) is 17.0 Å². The maximum Gasteiger partial charge on any atom is 0.258 e. The van der Waals surface area contributed by atoms with E-state index in [1.54, 1.807) is 18.2 Å². The zero-order valence-corrected chi connectivity index (χ0v) is 14.2. The van der Waals surface area contributed by atoms with Crippen LogP contribution in [0.3, 0.4) is 0 Å². The average Bonchev–Trinajstić information content (AvgIpc) is 2.65. The van der Waals surface area contributed by atoms with Gasteiger partial charge in [-0.1, -0.05) is 6.07 Å². The number of benzene rings is 1. The third-order valence-electron chi connectivity index (χ3n) is 3.91. The second-order valence-corrected chi connectivity index (χ2v) is 5.54. The molecule has 1 aromatic carbocycles. The lowest BCUT2D eigenvalue weighted by Gasteiger charge is -2.24. The number of nitrogens with zero attached hydrogens (tertiary/aromatic N) is 2. The molecule has 0 saturated carbocycles. The summed E-state index contributed by atoms with van der Waals surface area (Å²) in [6.07, 6.45) is 1.18. The van der Waals surface area contributed by atoms with Gasteiger partial charge < -0.3 is 30.7 Å². The molecule has 0 fully saturated rings. The molecule has 10 heteroatoms. The van der Waals surface area contributed by atoms with E-state index in [-0.39, 0.29) is 41.0 Å². The van der Waals surface area contributed by atoms with Gasteiger partial charge in [-0.3, -0.25) is 9.59 Å². The van der Waals surface area contributed by atoms with Crippen LogP contribution in [-0.4, -0.2) is 29.6 Å². The number of aromatic amines is 1. The first-order valence-electron chi connectivity index (χ1n) is 7.70. The molecule has 138 valence electrons. The normalized spacial score (nSPS) is 15.3. The number of primary amides is 1. The molecule has 2 aromatic rings. The molecular weight excluding hydrogens is 354 g/mol. The number of hydrogen-bond donors (Lipinski definition) is 3. The number of amides is 1. The molecule has 0 saturated heterocycles. The van der Waals surface area contributed by atoms with Crippen molar-refractivity contribution in [2.75, 3.05) is 13.7 Å². The topological polar surface area (TPSA) is 166 Å². The molecule has 0 spiro atoms. The molecule has 1 aromatic heterocycles. The van der Waals surface area contributed by atoms with E-state index in [9.17, 15) is 14.9 Å². The van der Waals surface area contributed by atoms with E-state index >= 15 is 0 Å². The fraction of sp³-hybridized carbons (Fsp3) is 0.176. The minimum absolute atomic E-state index is 0.0215. The number of H-pyrrole nitrogens is 1. The van der Waals surface area contributed by atoms with Crippen LogP contribution in [0.2, 0.25) is 0 Å². The van der Waals surface area contributed by atoms with Crippen molar-refractivity contribution < 1.29 is 19.0 Å². The first-order chi connectivity index (χ1) is 13.0. The van der Waals surface area contributed by atoms with Crippen molar-refractivity contribution in [3.05, 3.63) is 57.5 Å². The summed E-state index contributed by atoms with van der Waals surface area (Å²) in [5.41, 5.74) is 11.2. The molecule has 2 heterocycles. The summed E-state index contributed by atoms with van der Waals surface area (Å²) in [5, 5.41) is 9.53. The summed E-state index contributed by atoms with van der Waals surface area (Å²) in [6.45, 7) is -0.324. The smallest absolute Gasteiger partial charge is 0.258 e. The van der Waals surface area contributed by atoms with Gasteiger partial charge in [0.05, 0.1) is 24.9 Å². The van der Waals surface area contributed by atoms with Crippen molar-refractivity contribution in [2.45, 2.75) is 5.92 Å². The van der Waals surface area contributed by atoms with Gasteiger partial charge in [0, 0.05) is 0 Å². The highest BCUT2D eigenvalue weighted by atomic mass is 16.5. The number of ether oxygens (including phenoxy) is 3. The molecule has 1 aliphatic heterocycles. The quantitative estimate of drug-likeness (QED) is 0.654. The van der Waals surface area contributed by atoms with Crippen LogP contribution in [0.25, 0.3) is 0 Å². The number of allylic oxidation sites excluding steroid dienone is 1. The summed E-state index contributed by atoms with van der Waals surface area (Å²) in [6, 6.07) is 6.72. The molecule has 0 aliphatic carbocycles. The Bertz CT molecular complexity index is 1040. The average molecular weight is 369 g/mol. The second-order valence-electron chi connectivity index (χ2n) is 5.54. The third-order valence-corrected chi connectivity index (χ3v) is 3.91. The van der Waals surface area contributed by atoms with E-state index < -0.39 is 17.4 Å². The van der Waals surface area contributed by atoms with E-state index in [2.05, 4.69) is 9.97 Å². The minimum Gasteiger partial charge on any atom is -0.493 e. The number of nitrogens with two attached hydrogens (primary N) is 2. The van der Waals surface area contributed by atoms with Gasteiger partial charge in [0.15, 0.2) is 18.1 Å². The van der Waals surface area contributed by atoms with Gasteiger partial charge in [0.25, 0.3) is 11.5 Å². The first-order valence-corrected chi connectivity index (χ1v) is 7.70. The molecule has 1 atom stereocenters. The van der Waals surface area contributed by atoms with E-state index in [0.29, 0.717) is 5.56 Å². The second kappa shape index (κ2) is 7.09. The standard InChI is InChI=1S/C17H15N5O5/c1-25-11-4-8(2-3-10(11)26-6-12(19)23)13-9(5-18)15(20)27-17-14(13)16(24)21-7-22-17/h2-4,7,13H,6,20H2,1H3,(H2,19,23)(H,21,22,24)/t13-/m1/s1. The van der Waals surface area contributed by atoms with E-state index in [0.717, 1.165) is 0 Å². The zero-order chi connectivity index (χ0) is 19.6. The Labute approximate surface area is 153 Å². The number of carbonyl (C=O) groups is 1. The fourth-order valence-corrected chi connectivity index (χ4v) is 2.76. The van der Waals surface area contributed by atoms with Gasteiger partial charge in [-0.25, -0.2) is 4.98 Å². The number of rotatable bonds is 5. The zero-order valence-electron chi connectivity index (χ0n) is 14.2. The maximum absolute atomic E-state index is 12.4. The molecule has 0 unspecified atom stereocenters.